The summed E-state index contributed by atoms with van der Waals surface area (Å²) in [7, 11) is 0. The van der Waals surface area contributed by atoms with Gasteiger partial charge in [-0.05, 0) is 45.3 Å². The second-order valence-electron chi connectivity index (χ2n) is 7.01. The van der Waals surface area contributed by atoms with Crippen molar-refractivity contribution in [1.29, 1.82) is 0 Å². The first-order valence-corrected chi connectivity index (χ1v) is 8.02. The van der Waals surface area contributed by atoms with E-state index < -0.39 is 11.2 Å². The maximum atomic E-state index is 10.2. The van der Waals surface area contributed by atoms with Gasteiger partial charge in [0.1, 0.15) is 5.82 Å². The molecular weight excluding hydrogens is 277 g/mol. The van der Waals surface area contributed by atoms with E-state index in [-0.39, 0.29) is 6.92 Å². The molecule has 0 saturated carbocycles. The molecule has 1 aliphatic rings. The number of nitrogens with one attached hydrogen (secondary N) is 1. The van der Waals surface area contributed by atoms with Gasteiger partial charge in [0, 0.05) is 32.4 Å². The minimum atomic E-state index is -0.907. The molecule has 0 aromatic carbocycles. The van der Waals surface area contributed by atoms with Crippen LogP contribution < -0.4 is 15.7 Å². The second-order valence-corrected chi connectivity index (χ2v) is 7.01. The number of hydrogen-bond donors (Lipinski definition) is 2. The zero-order valence-corrected chi connectivity index (χ0v) is 14.4. The summed E-state index contributed by atoms with van der Waals surface area (Å²) in [6, 6.07) is 4.08. The first kappa shape index (κ1) is 17.3. The lowest BCUT2D eigenvalue weighted by Crippen LogP contribution is -2.52. The monoisotopic (exact) mass is 305 g/mol. The smallest absolute Gasteiger partial charge is 0.324 e. The van der Waals surface area contributed by atoms with Crippen LogP contribution in [0.25, 0.3) is 0 Å². The molecule has 5 nitrogen and oxygen atoms in total. The quantitative estimate of drug-likeness (QED) is 0.791. The lowest BCUT2D eigenvalue weighted by atomic mass is 9.62. The van der Waals surface area contributed by atoms with Crippen LogP contribution in [0, 0.1) is 0 Å². The van der Waals surface area contributed by atoms with Gasteiger partial charge in [-0.1, -0.05) is 6.82 Å². The summed E-state index contributed by atoms with van der Waals surface area (Å²) in [6.07, 6.45) is 1.84. The van der Waals surface area contributed by atoms with Gasteiger partial charge in [-0.25, -0.2) is 4.98 Å². The third-order valence-corrected chi connectivity index (χ3v) is 4.62. The molecule has 0 aliphatic carbocycles. The Balaban J connectivity index is 2.11. The molecule has 1 aromatic heterocycles. The van der Waals surface area contributed by atoms with Crippen LogP contribution in [0.1, 0.15) is 27.7 Å². The van der Waals surface area contributed by atoms with Crippen molar-refractivity contribution in [2.24, 2.45) is 0 Å². The van der Waals surface area contributed by atoms with Crippen molar-refractivity contribution in [2.75, 3.05) is 31.1 Å². The zero-order chi connectivity index (χ0) is 16.4. The van der Waals surface area contributed by atoms with Crippen LogP contribution in [0.3, 0.4) is 0 Å². The molecule has 1 aromatic rings. The lowest BCUT2D eigenvalue weighted by Gasteiger charge is -2.39. The van der Waals surface area contributed by atoms with Crippen LogP contribution in [0.5, 0.6) is 0 Å². The van der Waals surface area contributed by atoms with Crippen molar-refractivity contribution in [3.05, 3.63) is 18.3 Å². The van der Waals surface area contributed by atoms with E-state index in [0.29, 0.717) is 0 Å². The Labute approximate surface area is 134 Å². The topological polar surface area (TPSA) is 57.6 Å². The molecule has 0 amide bonds. The average molecular weight is 305 g/mol. The number of aromatic nitrogens is 1. The first-order chi connectivity index (χ1) is 10.2. The minimum absolute atomic E-state index is 0.105. The molecule has 0 radical (unpaired) electrons. The maximum Gasteiger partial charge on any atom is 0.324 e. The number of piperazine rings is 1. The van der Waals surface area contributed by atoms with Gasteiger partial charge in [0.25, 0.3) is 0 Å². The van der Waals surface area contributed by atoms with Gasteiger partial charge >= 0.3 is 6.92 Å². The van der Waals surface area contributed by atoms with Crippen LogP contribution in [-0.4, -0.2) is 54.4 Å². The maximum absolute atomic E-state index is 10.2. The predicted molar refractivity (Wildman–Crippen MR) is 92.0 cm³/mol. The van der Waals surface area contributed by atoms with Crippen LogP contribution in [0.15, 0.2) is 18.3 Å². The van der Waals surface area contributed by atoms with Gasteiger partial charge in [0.05, 0.1) is 11.2 Å². The fourth-order valence-corrected chi connectivity index (χ4v) is 2.41. The molecule has 1 saturated heterocycles. The average Bonchev–Trinajstić information content (AvgIpc) is 2.47. The molecule has 1 aliphatic heterocycles. The number of pyridine rings is 1. The molecule has 2 rings (SSSR count). The molecule has 0 unspecified atom stereocenters. The van der Waals surface area contributed by atoms with E-state index in [1.807, 2.05) is 32.9 Å². The van der Waals surface area contributed by atoms with E-state index >= 15 is 0 Å². The van der Waals surface area contributed by atoms with Crippen LogP contribution >= 0.6 is 0 Å². The normalized spacial score (nSPS) is 16.7. The largest absolute Gasteiger partial charge is 0.423 e. The fraction of sp³-hybridized carbons (Fsp3) is 0.688. The van der Waals surface area contributed by atoms with Gasteiger partial charge in [-0.2, -0.15) is 0 Å². The van der Waals surface area contributed by atoms with Gasteiger partial charge < -0.3 is 20.0 Å². The van der Waals surface area contributed by atoms with Crippen molar-refractivity contribution in [3.8, 4) is 0 Å². The highest BCUT2D eigenvalue weighted by atomic mass is 16.5. The number of hydrogen-bond acceptors (Lipinski definition) is 5. The Kier molecular flexibility index (Phi) is 5.15. The molecule has 2 N–H and O–H groups in total. The standard InChI is InChI=1S/C16H28BN3O2/c1-15(2,21)16(3,4)22-17(5)13-6-7-19-14(12-13)20-10-8-18-9-11-20/h6-7,12,18,21H,8-11H2,1-5H3. The molecule has 0 bridgehead atoms. The van der Waals surface area contributed by atoms with Crippen LogP contribution in [0.2, 0.25) is 6.82 Å². The first-order valence-electron chi connectivity index (χ1n) is 8.02. The predicted octanol–water partition coefficient (Wildman–Crippen LogP) is 0.886. The fourth-order valence-electron chi connectivity index (χ4n) is 2.41. The molecule has 0 atom stereocenters. The molecule has 22 heavy (non-hydrogen) atoms. The Hall–Kier alpha value is -1.11. The molecule has 122 valence electrons. The minimum Gasteiger partial charge on any atom is -0.423 e. The number of anilines is 1. The highest BCUT2D eigenvalue weighted by molar-refractivity contribution is 6.66. The molecule has 2 heterocycles. The summed E-state index contributed by atoms with van der Waals surface area (Å²) >= 11 is 0. The Bertz CT molecular complexity index is 496. The van der Waals surface area contributed by atoms with Crippen LogP contribution in [0.4, 0.5) is 5.82 Å². The summed E-state index contributed by atoms with van der Waals surface area (Å²) in [5, 5.41) is 13.6. The second kappa shape index (κ2) is 6.56. The Morgan fingerprint density at radius 3 is 2.50 bits per heavy atom. The zero-order valence-electron chi connectivity index (χ0n) is 14.4. The van der Waals surface area contributed by atoms with Crippen molar-refractivity contribution in [1.82, 2.24) is 10.3 Å². The Morgan fingerprint density at radius 1 is 1.27 bits per heavy atom. The van der Waals surface area contributed by atoms with Crippen molar-refractivity contribution < 1.29 is 9.76 Å². The van der Waals surface area contributed by atoms with E-state index in [1.165, 1.54) is 0 Å². The summed E-state index contributed by atoms with van der Waals surface area (Å²) < 4.78 is 6.12. The van der Waals surface area contributed by atoms with Gasteiger partial charge in [0.2, 0.25) is 0 Å². The van der Waals surface area contributed by atoms with Crippen molar-refractivity contribution in [2.45, 2.75) is 45.7 Å². The van der Waals surface area contributed by atoms with Gasteiger partial charge in [-0.15, -0.1) is 0 Å². The van der Waals surface area contributed by atoms with Crippen LogP contribution in [-0.2, 0) is 4.65 Å². The summed E-state index contributed by atoms with van der Waals surface area (Å²) in [5.74, 6) is 0.996. The third kappa shape index (κ3) is 4.00. The van der Waals surface area contributed by atoms with E-state index in [2.05, 4.69) is 21.3 Å². The van der Waals surface area contributed by atoms with E-state index in [1.54, 1.807) is 13.8 Å². The van der Waals surface area contributed by atoms with E-state index in [0.717, 1.165) is 37.5 Å². The van der Waals surface area contributed by atoms with Gasteiger partial charge in [-0.3, -0.25) is 0 Å². The van der Waals surface area contributed by atoms with Crippen molar-refractivity contribution >= 4 is 18.2 Å². The number of rotatable bonds is 5. The van der Waals surface area contributed by atoms with E-state index in [9.17, 15) is 5.11 Å². The molecule has 1 fully saturated rings. The number of aliphatic hydroxyl groups is 1. The lowest BCUT2D eigenvalue weighted by molar-refractivity contribution is -0.0918. The van der Waals surface area contributed by atoms with E-state index in [4.69, 9.17) is 4.65 Å². The highest BCUT2D eigenvalue weighted by Crippen LogP contribution is 2.25. The molecular formula is C16H28BN3O2. The molecule has 6 heteroatoms. The summed E-state index contributed by atoms with van der Waals surface area (Å²) in [4.78, 5) is 6.77. The molecule has 0 spiro atoms. The SMILES string of the molecule is CB(OC(C)(C)C(C)(C)O)c1ccnc(N2CCNCC2)c1. The summed E-state index contributed by atoms with van der Waals surface area (Å²) in [5.41, 5.74) is -0.457. The number of nitrogens with zero attached hydrogens (tertiary/aromatic N) is 2. The Morgan fingerprint density at radius 2 is 1.91 bits per heavy atom. The third-order valence-electron chi connectivity index (χ3n) is 4.62. The van der Waals surface area contributed by atoms with Gasteiger partial charge in [0.15, 0.2) is 0 Å². The highest BCUT2D eigenvalue weighted by Gasteiger charge is 2.38. The summed E-state index contributed by atoms with van der Waals surface area (Å²) in [6.45, 7) is 13.2. The van der Waals surface area contributed by atoms with Crippen molar-refractivity contribution in [3.63, 3.8) is 0 Å².